The molecule has 0 saturated heterocycles. The van der Waals surface area contributed by atoms with Crippen molar-refractivity contribution in [2.45, 2.75) is 35.7 Å². The van der Waals surface area contributed by atoms with E-state index in [4.69, 9.17) is 0 Å². The zero-order chi connectivity index (χ0) is 21.5. The first-order valence-electron chi connectivity index (χ1n) is 9.15. The molecule has 154 valence electrons. The molecular weight excluding hydrogens is 420 g/mol. The minimum absolute atomic E-state index is 0.0534. The summed E-state index contributed by atoms with van der Waals surface area (Å²) in [5.74, 6) is 0.0534. The number of phenols is 1. The number of aromatic nitrogens is 3. The maximum atomic E-state index is 13.3. The van der Waals surface area contributed by atoms with Crippen LogP contribution < -0.4 is 4.72 Å². The molecule has 0 aliphatic rings. The second-order valence-corrected chi connectivity index (χ2v) is 9.69. The highest BCUT2D eigenvalue weighted by molar-refractivity contribution is 7.99. The standard InChI is InChI=1S/C21H20N4O3S2/c1-12-8-13(2)20(14(3)9-12)30(27,28)25-17-10-18(29-21-22-11-23-24-21)19(26)16-7-5-4-6-15(16)17/h4-11,25-26H,1-3H3,(H,22,23,24). The molecule has 1 aromatic heterocycles. The van der Waals surface area contributed by atoms with E-state index in [-0.39, 0.29) is 10.6 Å². The number of hydrogen-bond acceptors (Lipinski definition) is 6. The number of sulfonamides is 1. The molecule has 30 heavy (non-hydrogen) atoms. The van der Waals surface area contributed by atoms with Crippen LogP contribution in [0.2, 0.25) is 0 Å². The summed E-state index contributed by atoms with van der Waals surface area (Å²) in [6.07, 6.45) is 1.37. The number of aryl methyl sites for hydroxylation is 3. The summed E-state index contributed by atoms with van der Waals surface area (Å²) >= 11 is 1.17. The highest BCUT2D eigenvalue weighted by Gasteiger charge is 2.22. The summed E-state index contributed by atoms with van der Waals surface area (Å²) in [6.45, 7) is 5.51. The summed E-state index contributed by atoms with van der Waals surface area (Å²) in [7, 11) is -3.85. The SMILES string of the molecule is Cc1cc(C)c(S(=O)(=O)Nc2cc(Sc3ncn[nH]3)c(O)c3ccccc23)c(C)c1. The highest BCUT2D eigenvalue weighted by atomic mass is 32.2. The Hall–Kier alpha value is -3.04. The summed E-state index contributed by atoms with van der Waals surface area (Å²) in [4.78, 5) is 4.78. The van der Waals surface area contributed by atoms with Gasteiger partial charge in [-0.15, -0.1) is 0 Å². The molecule has 3 aromatic carbocycles. The van der Waals surface area contributed by atoms with Crippen LogP contribution in [0.15, 0.2) is 63.7 Å². The fourth-order valence-corrected chi connectivity index (χ4v) is 5.95. The number of benzene rings is 3. The van der Waals surface area contributed by atoms with Crippen LogP contribution in [0.4, 0.5) is 5.69 Å². The van der Waals surface area contributed by atoms with E-state index in [9.17, 15) is 13.5 Å². The number of fused-ring (bicyclic) bond motifs is 1. The van der Waals surface area contributed by atoms with Crippen LogP contribution in [0.25, 0.3) is 10.8 Å². The van der Waals surface area contributed by atoms with Gasteiger partial charge in [-0.2, -0.15) is 5.10 Å². The van der Waals surface area contributed by atoms with Gasteiger partial charge in [-0.25, -0.2) is 13.4 Å². The molecule has 1 heterocycles. The van der Waals surface area contributed by atoms with Crippen molar-refractivity contribution in [1.82, 2.24) is 15.2 Å². The van der Waals surface area contributed by atoms with Crippen molar-refractivity contribution in [3.05, 3.63) is 65.5 Å². The molecule has 0 bridgehead atoms. The van der Waals surface area contributed by atoms with Crippen LogP contribution in [0.1, 0.15) is 16.7 Å². The largest absolute Gasteiger partial charge is 0.506 e. The fourth-order valence-electron chi connectivity index (χ4n) is 3.63. The number of H-pyrrole nitrogens is 1. The van der Waals surface area contributed by atoms with Crippen molar-refractivity contribution in [2.24, 2.45) is 0 Å². The van der Waals surface area contributed by atoms with Crippen LogP contribution in [0.5, 0.6) is 5.75 Å². The van der Waals surface area contributed by atoms with Crippen LogP contribution in [-0.2, 0) is 10.0 Å². The van der Waals surface area contributed by atoms with Gasteiger partial charge in [-0.1, -0.05) is 42.0 Å². The second kappa shape index (κ2) is 7.66. The van der Waals surface area contributed by atoms with Gasteiger partial charge in [0.05, 0.1) is 15.5 Å². The van der Waals surface area contributed by atoms with E-state index in [1.165, 1.54) is 18.1 Å². The number of hydrogen-bond donors (Lipinski definition) is 3. The van der Waals surface area contributed by atoms with Gasteiger partial charge in [-0.05, 0) is 49.7 Å². The van der Waals surface area contributed by atoms with E-state index >= 15 is 0 Å². The van der Waals surface area contributed by atoms with E-state index < -0.39 is 10.0 Å². The van der Waals surface area contributed by atoms with Gasteiger partial charge in [0, 0.05) is 10.8 Å². The fraction of sp³-hybridized carbons (Fsp3) is 0.143. The Morgan fingerprint density at radius 1 is 1.03 bits per heavy atom. The van der Waals surface area contributed by atoms with E-state index in [1.54, 1.807) is 44.2 Å². The van der Waals surface area contributed by atoms with E-state index in [1.807, 2.05) is 19.1 Å². The molecule has 3 N–H and O–H groups in total. The lowest BCUT2D eigenvalue weighted by Crippen LogP contribution is -2.16. The number of nitrogens with zero attached hydrogens (tertiary/aromatic N) is 2. The maximum Gasteiger partial charge on any atom is 0.262 e. The summed E-state index contributed by atoms with van der Waals surface area (Å²) in [5.41, 5.74) is 2.74. The molecule has 4 aromatic rings. The van der Waals surface area contributed by atoms with Crippen molar-refractivity contribution in [3.63, 3.8) is 0 Å². The first-order chi connectivity index (χ1) is 14.3. The first kappa shape index (κ1) is 20.2. The normalized spacial score (nSPS) is 11.7. The van der Waals surface area contributed by atoms with Gasteiger partial charge in [0.1, 0.15) is 12.1 Å². The lowest BCUT2D eigenvalue weighted by atomic mass is 10.1. The van der Waals surface area contributed by atoms with E-state index in [2.05, 4.69) is 19.9 Å². The molecule has 7 nitrogen and oxygen atoms in total. The number of aromatic hydroxyl groups is 1. The number of anilines is 1. The lowest BCUT2D eigenvalue weighted by molar-refractivity contribution is 0.469. The molecule has 0 fully saturated rings. The third kappa shape index (κ3) is 3.73. The molecule has 0 atom stereocenters. The Balaban J connectivity index is 1.85. The Kier molecular flexibility index (Phi) is 5.17. The zero-order valence-electron chi connectivity index (χ0n) is 16.6. The number of rotatable bonds is 5. The summed E-state index contributed by atoms with van der Waals surface area (Å²) in [6, 6.07) is 12.4. The van der Waals surface area contributed by atoms with Crippen molar-refractivity contribution >= 4 is 38.2 Å². The Morgan fingerprint density at radius 2 is 1.70 bits per heavy atom. The van der Waals surface area contributed by atoms with E-state index in [0.717, 1.165) is 5.56 Å². The number of aromatic amines is 1. The average molecular weight is 441 g/mol. The molecule has 0 saturated carbocycles. The third-order valence-electron chi connectivity index (χ3n) is 4.70. The van der Waals surface area contributed by atoms with Crippen LogP contribution in [-0.4, -0.2) is 28.7 Å². The quantitative estimate of drug-likeness (QED) is 0.393. The Morgan fingerprint density at radius 3 is 2.33 bits per heavy atom. The Labute approximate surface area is 178 Å². The van der Waals surface area contributed by atoms with E-state index in [0.29, 0.717) is 37.6 Å². The molecule has 0 unspecified atom stereocenters. The smallest absolute Gasteiger partial charge is 0.262 e. The molecule has 4 rings (SSSR count). The molecule has 0 spiro atoms. The van der Waals surface area contributed by atoms with Crippen molar-refractivity contribution in [1.29, 1.82) is 0 Å². The zero-order valence-corrected chi connectivity index (χ0v) is 18.2. The summed E-state index contributed by atoms with van der Waals surface area (Å²) < 4.78 is 29.3. The lowest BCUT2D eigenvalue weighted by Gasteiger charge is -2.17. The molecular formula is C21H20N4O3S2. The van der Waals surface area contributed by atoms with Gasteiger partial charge >= 0.3 is 0 Å². The average Bonchev–Trinajstić information content (AvgIpc) is 3.17. The highest BCUT2D eigenvalue weighted by Crippen LogP contribution is 2.42. The topological polar surface area (TPSA) is 108 Å². The van der Waals surface area contributed by atoms with Crippen LogP contribution in [0.3, 0.4) is 0 Å². The predicted molar refractivity (Wildman–Crippen MR) is 118 cm³/mol. The minimum atomic E-state index is -3.85. The minimum Gasteiger partial charge on any atom is -0.506 e. The summed E-state index contributed by atoms with van der Waals surface area (Å²) in [5, 5.41) is 18.9. The van der Waals surface area contributed by atoms with Crippen molar-refractivity contribution in [3.8, 4) is 5.75 Å². The molecule has 9 heteroatoms. The molecule has 0 aliphatic heterocycles. The molecule has 0 amide bonds. The Bertz CT molecular complexity index is 1330. The molecule has 0 radical (unpaired) electrons. The molecule has 0 aliphatic carbocycles. The maximum absolute atomic E-state index is 13.3. The van der Waals surface area contributed by atoms with Gasteiger partial charge < -0.3 is 5.11 Å². The third-order valence-corrected chi connectivity index (χ3v) is 7.29. The van der Waals surface area contributed by atoms with Gasteiger partial charge in [0.15, 0.2) is 5.16 Å². The second-order valence-electron chi connectivity index (χ2n) is 7.04. The van der Waals surface area contributed by atoms with Crippen LogP contribution in [0, 0.1) is 20.8 Å². The predicted octanol–water partition coefficient (Wildman–Crippen LogP) is 4.54. The monoisotopic (exact) mass is 440 g/mol. The number of phenolic OH excluding ortho intramolecular Hbond substituents is 1. The van der Waals surface area contributed by atoms with Gasteiger partial charge in [0.2, 0.25) is 0 Å². The van der Waals surface area contributed by atoms with Crippen molar-refractivity contribution < 1.29 is 13.5 Å². The first-order valence-corrected chi connectivity index (χ1v) is 11.4. The number of nitrogens with one attached hydrogen (secondary N) is 2. The van der Waals surface area contributed by atoms with Gasteiger partial charge in [-0.3, -0.25) is 9.82 Å². The van der Waals surface area contributed by atoms with Crippen molar-refractivity contribution in [2.75, 3.05) is 4.72 Å². The van der Waals surface area contributed by atoms with Gasteiger partial charge in [0.25, 0.3) is 10.0 Å². The van der Waals surface area contributed by atoms with Crippen LogP contribution >= 0.6 is 11.8 Å².